The van der Waals surface area contributed by atoms with Crippen molar-refractivity contribution >= 4 is 5.69 Å². The van der Waals surface area contributed by atoms with Gasteiger partial charge in [0.25, 0.3) is 0 Å². The predicted molar refractivity (Wildman–Crippen MR) is 114 cm³/mol. The topological polar surface area (TPSA) is 66.3 Å². The molecule has 2 N–H and O–H groups in total. The van der Waals surface area contributed by atoms with Crippen molar-refractivity contribution in [2.24, 2.45) is 0 Å². The predicted octanol–water partition coefficient (Wildman–Crippen LogP) is 4.69. The molecule has 0 spiro atoms. The Morgan fingerprint density at radius 3 is 2.45 bits per heavy atom. The lowest BCUT2D eigenvalue weighted by Gasteiger charge is -2.12. The summed E-state index contributed by atoms with van der Waals surface area (Å²) < 4.78 is 47.6. The van der Waals surface area contributed by atoms with Gasteiger partial charge < -0.3 is 20.1 Å². The van der Waals surface area contributed by atoms with Crippen LogP contribution < -0.4 is 15.4 Å². The third-order valence-corrected chi connectivity index (χ3v) is 4.28. The van der Waals surface area contributed by atoms with Gasteiger partial charge in [0.1, 0.15) is 5.75 Å². The molecule has 8 heteroatoms. The monoisotopic (exact) mass is 435 g/mol. The maximum atomic E-state index is 12.4. The molecule has 0 saturated carbocycles. The van der Waals surface area contributed by atoms with Crippen molar-refractivity contribution in [2.45, 2.75) is 32.0 Å². The Morgan fingerprint density at radius 1 is 0.935 bits per heavy atom. The molecular weight excluding hydrogens is 407 g/mol. The zero-order valence-corrected chi connectivity index (χ0v) is 17.4. The van der Waals surface area contributed by atoms with Gasteiger partial charge in [-0.25, -0.2) is 0 Å². The molecule has 2 rings (SSSR count). The Morgan fingerprint density at radius 2 is 1.71 bits per heavy atom. The summed E-state index contributed by atoms with van der Waals surface area (Å²) in [6, 6.07) is 16.8. The summed E-state index contributed by atoms with van der Waals surface area (Å²) in [5.41, 5.74) is 2.49. The van der Waals surface area contributed by atoms with Gasteiger partial charge >= 0.3 is 6.18 Å². The summed E-state index contributed by atoms with van der Waals surface area (Å²) in [7, 11) is 0. The minimum absolute atomic E-state index is 0.118. The summed E-state index contributed by atoms with van der Waals surface area (Å²) in [5, 5.41) is 15.4. The van der Waals surface area contributed by atoms with Crippen LogP contribution in [-0.4, -0.2) is 39.1 Å². The highest BCUT2D eigenvalue weighted by Crippen LogP contribution is 2.22. The van der Waals surface area contributed by atoms with E-state index in [-0.39, 0.29) is 12.2 Å². The molecule has 5 nitrogen and oxygen atoms in total. The summed E-state index contributed by atoms with van der Waals surface area (Å²) in [6.07, 6.45) is -2.45. The molecule has 0 heterocycles. The number of halogens is 3. The van der Waals surface area contributed by atoms with Crippen LogP contribution in [-0.2, 0) is 17.7 Å². The highest BCUT2D eigenvalue weighted by molar-refractivity contribution is 5.42. The van der Waals surface area contributed by atoms with E-state index in [0.717, 1.165) is 37.2 Å². The van der Waals surface area contributed by atoms with Crippen molar-refractivity contribution in [3.63, 3.8) is 0 Å². The first-order valence-corrected chi connectivity index (χ1v) is 10.2. The van der Waals surface area contributed by atoms with E-state index < -0.39 is 12.8 Å². The number of unbranched alkanes of at least 4 members (excludes halogenated alkanes) is 1. The molecule has 0 aliphatic carbocycles. The van der Waals surface area contributed by atoms with Crippen LogP contribution in [0.15, 0.2) is 48.5 Å². The first kappa shape index (κ1) is 24.5. The SMILES string of the molecule is N#CCc1cc(CNCCCCOCCNc2ccccc2)cc(OCC(F)(F)F)c1. The number of nitrogens with zero attached hydrogens (tertiary/aromatic N) is 1. The molecule has 0 aromatic heterocycles. The lowest BCUT2D eigenvalue weighted by molar-refractivity contribution is -0.153. The number of hydrogen-bond acceptors (Lipinski definition) is 5. The zero-order chi connectivity index (χ0) is 22.4. The van der Waals surface area contributed by atoms with Crippen LogP contribution in [0.5, 0.6) is 5.75 Å². The molecule has 2 aromatic rings. The van der Waals surface area contributed by atoms with Crippen molar-refractivity contribution < 1.29 is 22.6 Å². The van der Waals surface area contributed by atoms with E-state index >= 15 is 0 Å². The van der Waals surface area contributed by atoms with Gasteiger partial charge in [-0.2, -0.15) is 18.4 Å². The summed E-state index contributed by atoms with van der Waals surface area (Å²) in [4.78, 5) is 0. The maximum Gasteiger partial charge on any atom is 0.422 e. The number of nitrogens with one attached hydrogen (secondary N) is 2. The molecule has 0 radical (unpaired) electrons. The second-order valence-electron chi connectivity index (χ2n) is 7.01. The van der Waals surface area contributed by atoms with Crippen LogP contribution in [0.1, 0.15) is 24.0 Å². The highest BCUT2D eigenvalue weighted by Gasteiger charge is 2.28. The first-order chi connectivity index (χ1) is 15.0. The number of ether oxygens (including phenoxy) is 2. The van der Waals surface area contributed by atoms with E-state index in [4.69, 9.17) is 14.7 Å². The molecule has 0 aliphatic rings. The van der Waals surface area contributed by atoms with Crippen molar-refractivity contribution in [1.82, 2.24) is 5.32 Å². The van der Waals surface area contributed by atoms with E-state index in [1.54, 1.807) is 12.1 Å². The normalized spacial score (nSPS) is 11.2. The standard InChI is InChI=1S/C23H28F3N3O2/c24-23(25,26)18-31-22-15-19(8-9-27)14-20(16-22)17-28-10-4-5-12-30-13-11-29-21-6-2-1-3-7-21/h1-3,6-7,14-16,28-29H,4-5,8,10-13,17-18H2. The minimum atomic E-state index is -4.40. The van der Waals surface area contributed by atoms with Crippen LogP contribution in [0.25, 0.3) is 0 Å². The van der Waals surface area contributed by atoms with Gasteiger partial charge in [-0.3, -0.25) is 0 Å². The molecule has 0 aliphatic heterocycles. The van der Waals surface area contributed by atoms with Crippen molar-refractivity contribution in [3.05, 3.63) is 59.7 Å². The Balaban J connectivity index is 1.60. The van der Waals surface area contributed by atoms with Gasteiger partial charge in [0.15, 0.2) is 6.61 Å². The number of rotatable bonds is 14. The number of hydrogen-bond donors (Lipinski definition) is 2. The van der Waals surface area contributed by atoms with Crippen LogP contribution in [0.4, 0.5) is 18.9 Å². The average Bonchev–Trinajstić information content (AvgIpc) is 2.74. The molecule has 0 saturated heterocycles. The fraction of sp³-hybridized carbons (Fsp3) is 0.435. The Hall–Kier alpha value is -2.76. The molecule has 0 unspecified atom stereocenters. The molecule has 0 atom stereocenters. The van der Waals surface area contributed by atoms with E-state index in [1.807, 2.05) is 36.4 Å². The largest absolute Gasteiger partial charge is 0.484 e. The number of para-hydroxylation sites is 1. The van der Waals surface area contributed by atoms with Gasteiger partial charge in [-0.05, 0) is 54.8 Å². The first-order valence-electron chi connectivity index (χ1n) is 10.2. The summed E-state index contributed by atoms with van der Waals surface area (Å²) in [5.74, 6) is 0.124. The number of benzene rings is 2. The fourth-order valence-electron chi connectivity index (χ4n) is 2.88. The van der Waals surface area contributed by atoms with Gasteiger partial charge in [-0.15, -0.1) is 0 Å². The van der Waals surface area contributed by atoms with Gasteiger partial charge in [0.2, 0.25) is 0 Å². The molecule has 31 heavy (non-hydrogen) atoms. The van der Waals surface area contributed by atoms with Crippen LogP contribution in [0, 0.1) is 11.3 Å². The average molecular weight is 435 g/mol. The number of anilines is 1. The molecule has 0 fully saturated rings. The van der Waals surface area contributed by atoms with Crippen LogP contribution in [0.3, 0.4) is 0 Å². The van der Waals surface area contributed by atoms with Gasteiger partial charge in [-0.1, -0.05) is 24.3 Å². The molecule has 0 bridgehead atoms. The fourth-order valence-corrected chi connectivity index (χ4v) is 2.88. The lowest BCUT2D eigenvalue weighted by Crippen LogP contribution is -2.19. The van der Waals surface area contributed by atoms with Gasteiger partial charge in [0, 0.05) is 25.4 Å². The van der Waals surface area contributed by atoms with Gasteiger partial charge in [0.05, 0.1) is 19.1 Å². The molecule has 2 aromatic carbocycles. The van der Waals surface area contributed by atoms with E-state index in [1.165, 1.54) is 6.07 Å². The Bertz CT molecular complexity index is 808. The molecular formula is C23H28F3N3O2. The number of nitriles is 1. The smallest absolute Gasteiger partial charge is 0.422 e. The van der Waals surface area contributed by atoms with E-state index in [2.05, 4.69) is 10.6 Å². The minimum Gasteiger partial charge on any atom is -0.484 e. The third kappa shape index (κ3) is 11.3. The summed E-state index contributed by atoms with van der Waals surface area (Å²) >= 11 is 0. The van der Waals surface area contributed by atoms with Crippen LogP contribution >= 0.6 is 0 Å². The van der Waals surface area contributed by atoms with E-state index in [9.17, 15) is 13.2 Å². The Labute approximate surface area is 181 Å². The van der Waals surface area contributed by atoms with Crippen molar-refractivity contribution in [3.8, 4) is 11.8 Å². The summed E-state index contributed by atoms with van der Waals surface area (Å²) in [6.45, 7) is 1.95. The second kappa shape index (κ2) is 13.5. The molecule has 0 amide bonds. The van der Waals surface area contributed by atoms with Crippen molar-refractivity contribution in [2.75, 3.05) is 38.2 Å². The third-order valence-electron chi connectivity index (χ3n) is 4.28. The second-order valence-corrected chi connectivity index (χ2v) is 7.01. The quantitative estimate of drug-likeness (QED) is 0.422. The van der Waals surface area contributed by atoms with E-state index in [0.29, 0.717) is 25.3 Å². The Kier molecular flexibility index (Phi) is 10.7. The zero-order valence-electron chi connectivity index (χ0n) is 17.4. The molecule has 168 valence electrons. The number of alkyl halides is 3. The maximum absolute atomic E-state index is 12.4. The van der Waals surface area contributed by atoms with Crippen LogP contribution in [0.2, 0.25) is 0 Å². The van der Waals surface area contributed by atoms with Crippen molar-refractivity contribution in [1.29, 1.82) is 5.26 Å². The highest BCUT2D eigenvalue weighted by atomic mass is 19.4. The lowest BCUT2D eigenvalue weighted by atomic mass is 10.1.